The molecule has 7 heteroatoms. The van der Waals surface area contributed by atoms with Crippen molar-refractivity contribution < 1.29 is 4.92 Å². The molecule has 1 aromatic heterocycles. The van der Waals surface area contributed by atoms with E-state index in [-0.39, 0.29) is 16.8 Å². The number of aromatic nitrogens is 2. The molecular weight excluding hydrogens is 280 g/mol. The first-order chi connectivity index (χ1) is 9.61. The summed E-state index contributed by atoms with van der Waals surface area (Å²) in [5.74, 6) is 0.0959. The lowest BCUT2D eigenvalue weighted by Gasteiger charge is -2.10. The zero-order valence-corrected chi connectivity index (χ0v) is 11.6. The molecule has 104 valence electrons. The maximum Gasteiger partial charge on any atom is 0.329 e. The number of hydrogen-bond acceptors (Lipinski definition) is 5. The Morgan fingerprint density at radius 2 is 2.15 bits per heavy atom. The molecule has 0 atom stereocenters. The van der Waals surface area contributed by atoms with Gasteiger partial charge in [-0.3, -0.25) is 10.1 Å². The SMILES string of the molecule is CCCc1ccccc1Nc1nc(Cl)ncc1[N+](=O)[O-]. The van der Waals surface area contributed by atoms with Crippen molar-refractivity contribution in [3.8, 4) is 0 Å². The van der Waals surface area contributed by atoms with Gasteiger partial charge in [-0.25, -0.2) is 4.98 Å². The Balaban J connectivity index is 2.39. The summed E-state index contributed by atoms with van der Waals surface area (Å²) in [5.41, 5.74) is 1.65. The summed E-state index contributed by atoms with van der Waals surface area (Å²) in [6.45, 7) is 2.07. The molecule has 0 amide bonds. The van der Waals surface area contributed by atoms with Crippen LogP contribution in [0.15, 0.2) is 30.5 Å². The van der Waals surface area contributed by atoms with Gasteiger partial charge in [0, 0.05) is 5.69 Å². The van der Waals surface area contributed by atoms with Crippen molar-refractivity contribution in [2.45, 2.75) is 19.8 Å². The summed E-state index contributed by atoms with van der Waals surface area (Å²) in [7, 11) is 0. The van der Waals surface area contributed by atoms with E-state index in [4.69, 9.17) is 11.6 Å². The summed E-state index contributed by atoms with van der Waals surface area (Å²) in [5, 5.41) is 13.9. The lowest BCUT2D eigenvalue weighted by molar-refractivity contribution is -0.384. The molecule has 1 aromatic carbocycles. The van der Waals surface area contributed by atoms with Crippen molar-refractivity contribution in [2.24, 2.45) is 0 Å². The van der Waals surface area contributed by atoms with Crippen molar-refractivity contribution in [1.82, 2.24) is 9.97 Å². The quantitative estimate of drug-likeness (QED) is 0.516. The molecule has 0 saturated carbocycles. The van der Waals surface area contributed by atoms with Gasteiger partial charge < -0.3 is 5.32 Å². The van der Waals surface area contributed by atoms with E-state index in [0.717, 1.165) is 30.3 Å². The first kappa shape index (κ1) is 14.2. The molecule has 0 aliphatic heterocycles. The molecule has 6 nitrogen and oxygen atoms in total. The van der Waals surface area contributed by atoms with Crippen LogP contribution in [0.1, 0.15) is 18.9 Å². The fourth-order valence-corrected chi connectivity index (χ4v) is 1.97. The van der Waals surface area contributed by atoms with E-state index in [0.29, 0.717) is 0 Å². The minimum absolute atomic E-state index is 0.0360. The largest absolute Gasteiger partial charge is 0.334 e. The van der Waals surface area contributed by atoms with Crippen LogP contribution in [0.2, 0.25) is 5.28 Å². The van der Waals surface area contributed by atoms with Gasteiger partial charge in [-0.1, -0.05) is 31.5 Å². The maximum absolute atomic E-state index is 11.0. The Labute approximate surface area is 121 Å². The van der Waals surface area contributed by atoms with Crippen LogP contribution in [0.3, 0.4) is 0 Å². The predicted molar refractivity (Wildman–Crippen MR) is 77.4 cm³/mol. The first-order valence-electron chi connectivity index (χ1n) is 6.13. The molecule has 0 bridgehead atoms. The third-order valence-corrected chi connectivity index (χ3v) is 2.91. The number of rotatable bonds is 5. The van der Waals surface area contributed by atoms with Crippen molar-refractivity contribution >= 4 is 28.8 Å². The molecule has 0 unspecified atom stereocenters. The van der Waals surface area contributed by atoms with Crippen LogP contribution in [-0.2, 0) is 6.42 Å². The molecule has 20 heavy (non-hydrogen) atoms. The Hall–Kier alpha value is -2.21. The first-order valence-corrected chi connectivity index (χ1v) is 6.51. The number of para-hydroxylation sites is 1. The van der Waals surface area contributed by atoms with Gasteiger partial charge in [-0.2, -0.15) is 4.98 Å². The van der Waals surface area contributed by atoms with Crippen molar-refractivity contribution in [2.75, 3.05) is 5.32 Å². The number of halogens is 1. The van der Waals surface area contributed by atoms with Crippen LogP contribution in [0.4, 0.5) is 17.2 Å². The molecular formula is C13H13ClN4O2. The molecule has 1 heterocycles. The fraction of sp³-hybridized carbons (Fsp3) is 0.231. The van der Waals surface area contributed by atoms with Crippen molar-refractivity contribution in [1.29, 1.82) is 0 Å². The number of aryl methyl sites for hydroxylation is 1. The zero-order valence-electron chi connectivity index (χ0n) is 10.8. The molecule has 0 aliphatic rings. The number of nitro groups is 1. The highest BCUT2D eigenvalue weighted by Gasteiger charge is 2.17. The standard InChI is InChI=1S/C13H13ClN4O2/c1-2-5-9-6-3-4-7-10(9)16-12-11(18(19)20)8-15-13(14)17-12/h3-4,6-8H,2,5H2,1H3,(H,15,16,17). The lowest BCUT2D eigenvalue weighted by atomic mass is 10.1. The molecule has 0 aliphatic carbocycles. The van der Waals surface area contributed by atoms with Gasteiger partial charge in [0.05, 0.1) is 4.92 Å². The third-order valence-electron chi connectivity index (χ3n) is 2.73. The highest BCUT2D eigenvalue weighted by atomic mass is 35.5. The van der Waals surface area contributed by atoms with E-state index in [1.54, 1.807) is 0 Å². The average Bonchev–Trinajstić information content (AvgIpc) is 2.41. The second-order valence-corrected chi connectivity index (χ2v) is 4.50. The number of nitrogens with zero attached hydrogens (tertiary/aromatic N) is 3. The van der Waals surface area contributed by atoms with Gasteiger partial charge in [-0.15, -0.1) is 0 Å². The van der Waals surface area contributed by atoms with E-state index in [1.165, 1.54) is 0 Å². The Kier molecular flexibility index (Phi) is 4.47. The second-order valence-electron chi connectivity index (χ2n) is 4.16. The van der Waals surface area contributed by atoms with Crippen LogP contribution >= 0.6 is 11.6 Å². The molecule has 2 aromatic rings. The second kappa shape index (κ2) is 6.29. The van der Waals surface area contributed by atoms with E-state index in [2.05, 4.69) is 22.2 Å². The fourth-order valence-electron chi connectivity index (χ4n) is 1.84. The van der Waals surface area contributed by atoms with Gasteiger partial charge in [0.25, 0.3) is 0 Å². The highest BCUT2D eigenvalue weighted by Crippen LogP contribution is 2.27. The number of anilines is 2. The van der Waals surface area contributed by atoms with E-state index >= 15 is 0 Å². The molecule has 1 N–H and O–H groups in total. The smallest absolute Gasteiger partial charge is 0.329 e. The summed E-state index contributed by atoms with van der Waals surface area (Å²) in [4.78, 5) is 18.0. The summed E-state index contributed by atoms with van der Waals surface area (Å²) in [6.07, 6.45) is 2.95. The van der Waals surface area contributed by atoms with Gasteiger partial charge in [0.1, 0.15) is 6.20 Å². The van der Waals surface area contributed by atoms with Crippen LogP contribution in [0.25, 0.3) is 0 Å². The number of hydrogen-bond donors (Lipinski definition) is 1. The molecule has 0 radical (unpaired) electrons. The van der Waals surface area contributed by atoms with Crippen LogP contribution in [-0.4, -0.2) is 14.9 Å². The molecule has 0 saturated heterocycles. The normalized spacial score (nSPS) is 10.3. The van der Waals surface area contributed by atoms with E-state index < -0.39 is 4.92 Å². The van der Waals surface area contributed by atoms with E-state index in [9.17, 15) is 10.1 Å². The maximum atomic E-state index is 11.0. The Bertz CT molecular complexity index is 634. The van der Waals surface area contributed by atoms with Gasteiger partial charge in [0.2, 0.25) is 11.1 Å². The van der Waals surface area contributed by atoms with Gasteiger partial charge in [0.15, 0.2) is 0 Å². The average molecular weight is 293 g/mol. The molecule has 0 spiro atoms. The van der Waals surface area contributed by atoms with Crippen molar-refractivity contribution in [3.63, 3.8) is 0 Å². The van der Waals surface area contributed by atoms with Crippen LogP contribution in [0.5, 0.6) is 0 Å². The number of benzene rings is 1. The Morgan fingerprint density at radius 3 is 2.85 bits per heavy atom. The predicted octanol–water partition coefficient (Wildman–Crippen LogP) is 3.73. The monoisotopic (exact) mass is 292 g/mol. The van der Waals surface area contributed by atoms with Crippen LogP contribution < -0.4 is 5.32 Å². The van der Waals surface area contributed by atoms with E-state index in [1.807, 2.05) is 24.3 Å². The minimum Gasteiger partial charge on any atom is -0.334 e. The molecule has 0 fully saturated rings. The summed E-state index contributed by atoms with van der Waals surface area (Å²) in [6, 6.07) is 7.61. The minimum atomic E-state index is -0.541. The number of nitrogens with one attached hydrogen (secondary N) is 1. The summed E-state index contributed by atoms with van der Waals surface area (Å²) < 4.78 is 0. The Morgan fingerprint density at radius 1 is 1.40 bits per heavy atom. The highest BCUT2D eigenvalue weighted by molar-refractivity contribution is 6.28. The van der Waals surface area contributed by atoms with Gasteiger partial charge >= 0.3 is 5.69 Å². The third kappa shape index (κ3) is 3.21. The lowest BCUT2D eigenvalue weighted by Crippen LogP contribution is -2.03. The zero-order chi connectivity index (χ0) is 14.5. The van der Waals surface area contributed by atoms with Gasteiger partial charge in [-0.05, 0) is 29.7 Å². The van der Waals surface area contributed by atoms with Crippen molar-refractivity contribution in [3.05, 3.63) is 51.4 Å². The molecule has 2 rings (SSSR count). The summed E-state index contributed by atoms with van der Waals surface area (Å²) >= 11 is 5.70. The van der Waals surface area contributed by atoms with Crippen LogP contribution in [0, 0.1) is 10.1 Å². The topological polar surface area (TPSA) is 81.0 Å².